The van der Waals surface area contributed by atoms with E-state index in [0.717, 1.165) is 24.8 Å². The Morgan fingerprint density at radius 3 is 2.45 bits per heavy atom. The maximum atomic E-state index is 12.7. The van der Waals surface area contributed by atoms with Gasteiger partial charge in [-0.3, -0.25) is 9.40 Å². The molecule has 0 amide bonds. The highest BCUT2D eigenvalue weighted by Crippen LogP contribution is 2.58. The third kappa shape index (κ3) is 4.90. The molecule has 0 spiro atoms. The minimum absolute atomic E-state index is 0.0368. The van der Waals surface area contributed by atoms with Crippen LogP contribution in [0.3, 0.4) is 0 Å². The molecule has 124 valence electrons. The fourth-order valence-electron chi connectivity index (χ4n) is 2.78. The van der Waals surface area contributed by atoms with E-state index in [2.05, 4.69) is 5.48 Å². The Morgan fingerprint density at radius 1 is 1.14 bits per heavy atom. The molecule has 2 atom stereocenters. The lowest BCUT2D eigenvalue weighted by molar-refractivity contribution is 0.00500. The van der Waals surface area contributed by atoms with Crippen molar-refractivity contribution in [3.8, 4) is 0 Å². The molecule has 1 fully saturated rings. The smallest absolute Gasteiger partial charge is 0.309 e. The molecule has 0 saturated heterocycles. The number of hydrogen-bond acceptors (Lipinski definition) is 5. The number of rotatable bonds is 9. The highest BCUT2D eigenvalue weighted by molar-refractivity contribution is 7.54. The van der Waals surface area contributed by atoms with Gasteiger partial charge in [0.05, 0.1) is 25.5 Å². The molecular weight excluding hydrogens is 301 g/mol. The van der Waals surface area contributed by atoms with E-state index in [0.29, 0.717) is 19.8 Å². The van der Waals surface area contributed by atoms with Crippen LogP contribution in [0, 0.1) is 0 Å². The van der Waals surface area contributed by atoms with Gasteiger partial charge >= 0.3 is 7.60 Å². The first-order chi connectivity index (χ1) is 10.7. The summed E-state index contributed by atoms with van der Waals surface area (Å²) in [5, 5.41) is 0. The number of hydroxylamine groups is 1. The monoisotopic (exact) mass is 327 g/mol. The van der Waals surface area contributed by atoms with Crippen LogP contribution in [0.25, 0.3) is 0 Å². The average Bonchev–Trinajstić information content (AvgIpc) is 2.98. The number of nitrogens with one attached hydrogen (secondary N) is 1. The SMILES string of the molecule is CCOP(=O)(OCC)C1CCC(NOCc2ccccc2)C1. The summed E-state index contributed by atoms with van der Waals surface area (Å²) in [6.45, 7) is 5.04. The molecule has 22 heavy (non-hydrogen) atoms. The van der Waals surface area contributed by atoms with Gasteiger partial charge in [-0.1, -0.05) is 30.3 Å². The van der Waals surface area contributed by atoms with Crippen LogP contribution in [0.5, 0.6) is 0 Å². The lowest BCUT2D eigenvalue weighted by Gasteiger charge is -2.23. The molecule has 1 aliphatic carbocycles. The minimum Gasteiger partial charge on any atom is -0.309 e. The highest BCUT2D eigenvalue weighted by atomic mass is 31.2. The Bertz CT molecular complexity index is 472. The molecule has 5 nitrogen and oxygen atoms in total. The van der Waals surface area contributed by atoms with Crippen LogP contribution < -0.4 is 5.48 Å². The van der Waals surface area contributed by atoms with Crippen molar-refractivity contribution in [2.24, 2.45) is 0 Å². The molecule has 0 aromatic heterocycles. The standard InChI is InChI=1S/C16H26NO4P/c1-3-20-22(18,21-4-2)16-11-10-15(12-16)17-19-13-14-8-6-5-7-9-14/h5-9,15-17H,3-4,10-13H2,1-2H3. The minimum atomic E-state index is -2.99. The fraction of sp³-hybridized carbons (Fsp3) is 0.625. The summed E-state index contributed by atoms with van der Waals surface area (Å²) in [5.74, 6) is 0. The summed E-state index contributed by atoms with van der Waals surface area (Å²) < 4.78 is 23.6. The first kappa shape index (κ1) is 17.6. The van der Waals surface area contributed by atoms with Crippen molar-refractivity contribution in [1.29, 1.82) is 0 Å². The molecule has 0 bridgehead atoms. The van der Waals surface area contributed by atoms with E-state index in [1.165, 1.54) is 0 Å². The van der Waals surface area contributed by atoms with Gasteiger partial charge in [-0.15, -0.1) is 0 Å². The summed E-state index contributed by atoms with van der Waals surface area (Å²) in [6, 6.07) is 10.2. The van der Waals surface area contributed by atoms with Gasteiger partial charge in [0.2, 0.25) is 0 Å². The van der Waals surface area contributed by atoms with Crippen molar-refractivity contribution in [1.82, 2.24) is 5.48 Å². The lowest BCUT2D eigenvalue weighted by Crippen LogP contribution is -2.27. The average molecular weight is 327 g/mol. The molecule has 1 aliphatic rings. The van der Waals surface area contributed by atoms with Crippen molar-refractivity contribution in [3.63, 3.8) is 0 Å². The highest BCUT2D eigenvalue weighted by Gasteiger charge is 2.41. The molecule has 0 heterocycles. The second-order valence-electron chi connectivity index (χ2n) is 5.43. The summed E-state index contributed by atoms with van der Waals surface area (Å²) in [4.78, 5) is 5.56. The second-order valence-corrected chi connectivity index (χ2v) is 7.76. The van der Waals surface area contributed by atoms with Crippen LogP contribution in [0.1, 0.15) is 38.7 Å². The summed E-state index contributed by atoms with van der Waals surface area (Å²) in [5.41, 5.74) is 4.17. The topological polar surface area (TPSA) is 56.8 Å². The summed E-state index contributed by atoms with van der Waals surface area (Å²) in [6.07, 6.45) is 2.51. The Balaban J connectivity index is 1.78. The normalized spacial score (nSPS) is 22.1. The van der Waals surface area contributed by atoms with Crippen molar-refractivity contribution in [2.45, 2.75) is 51.4 Å². The quantitative estimate of drug-likeness (QED) is 0.551. The largest absolute Gasteiger partial charge is 0.333 e. The van der Waals surface area contributed by atoms with Gasteiger partial charge in [-0.2, -0.15) is 5.48 Å². The van der Waals surface area contributed by atoms with Gasteiger partial charge in [0.1, 0.15) is 0 Å². The van der Waals surface area contributed by atoms with E-state index in [9.17, 15) is 4.57 Å². The van der Waals surface area contributed by atoms with E-state index < -0.39 is 7.60 Å². The van der Waals surface area contributed by atoms with Gasteiger partial charge in [0.25, 0.3) is 0 Å². The molecule has 1 saturated carbocycles. The zero-order valence-electron chi connectivity index (χ0n) is 13.4. The molecule has 1 aromatic carbocycles. The zero-order valence-corrected chi connectivity index (χ0v) is 14.3. The molecule has 1 N–H and O–H groups in total. The first-order valence-electron chi connectivity index (χ1n) is 7.98. The van der Waals surface area contributed by atoms with Crippen LogP contribution in [-0.4, -0.2) is 24.9 Å². The van der Waals surface area contributed by atoms with Crippen LogP contribution in [-0.2, 0) is 25.1 Å². The summed E-state index contributed by atoms with van der Waals surface area (Å²) >= 11 is 0. The molecule has 6 heteroatoms. The van der Waals surface area contributed by atoms with Crippen molar-refractivity contribution >= 4 is 7.60 Å². The molecule has 0 aliphatic heterocycles. The Labute approximate surface area is 132 Å². The Kier molecular flexibility index (Phi) is 7.06. The summed E-state index contributed by atoms with van der Waals surface area (Å²) in [7, 11) is -2.99. The maximum absolute atomic E-state index is 12.7. The first-order valence-corrected chi connectivity index (χ1v) is 9.59. The van der Waals surface area contributed by atoms with E-state index >= 15 is 0 Å². The van der Waals surface area contributed by atoms with Crippen molar-refractivity contribution < 1.29 is 18.5 Å². The van der Waals surface area contributed by atoms with Gasteiger partial charge in [0, 0.05) is 6.04 Å². The lowest BCUT2D eigenvalue weighted by atomic mass is 10.2. The molecule has 2 unspecified atom stereocenters. The van der Waals surface area contributed by atoms with E-state index in [1.54, 1.807) is 0 Å². The number of benzene rings is 1. The fourth-order valence-corrected chi connectivity index (χ4v) is 4.97. The van der Waals surface area contributed by atoms with E-state index in [1.807, 2.05) is 44.2 Å². The van der Waals surface area contributed by atoms with Crippen molar-refractivity contribution in [2.75, 3.05) is 13.2 Å². The predicted octanol–water partition coefficient (Wildman–Crippen LogP) is 3.90. The third-order valence-corrected chi connectivity index (χ3v) is 6.40. The van der Waals surface area contributed by atoms with Gasteiger partial charge in [-0.25, -0.2) is 0 Å². The van der Waals surface area contributed by atoms with Crippen LogP contribution in [0.2, 0.25) is 0 Å². The second kappa shape index (κ2) is 8.80. The van der Waals surface area contributed by atoms with Crippen LogP contribution >= 0.6 is 7.60 Å². The number of hydrogen-bond donors (Lipinski definition) is 1. The van der Waals surface area contributed by atoms with E-state index in [4.69, 9.17) is 13.9 Å². The van der Waals surface area contributed by atoms with Crippen molar-refractivity contribution in [3.05, 3.63) is 35.9 Å². The molecule has 1 aromatic rings. The van der Waals surface area contributed by atoms with Gasteiger partial charge in [-0.05, 0) is 38.7 Å². The van der Waals surface area contributed by atoms with Gasteiger partial charge in [0.15, 0.2) is 0 Å². The van der Waals surface area contributed by atoms with Gasteiger partial charge < -0.3 is 9.05 Å². The van der Waals surface area contributed by atoms with Crippen LogP contribution in [0.4, 0.5) is 0 Å². The molecule has 0 radical (unpaired) electrons. The zero-order chi connectivity index (χ0) is 15.8. The van der Waals surface area contributed by atoms with E-state index in [-0.39, 0.29) is 11.7 Å². The molecule has 2 rings (SSSR count). The maximum Gasteiger partial charge on any atom is 0.333 e. The predicted molar refractivity (Wildman–Crippen MR) is 86.7 cm³/mol. The Hall–Kier alpha value is -0.710. The third-order valence-electron chi connectivity index (χ3n) is 3.80. The molecular formula is C16H26NO4P. The van der Waals surface area contributed by atoms with Crippen LogP contribution in [0.15, 0.2) is 30.3 Å². The Morgan fingerprint density at radius 2 is 1.82 bits per heavy atom.